The van der Waals surface area contributed by atoms with Crippen LogP contribution in [0.4, 0.5) is 10.1 Å². The van der Waals surface area contributed by atoms with Gasteiger partial charge in [0, 0.05) is 57.9 Å². The van der Waals surface area contributed by atoms with E-state index in [0.29, 0.717) is 45.8 Å². The van der Waals surface area contributed by atoms with Crippen molar-refractivity contribution in [3.8, 4) is 5.75 Å². The number of hydrogen-bond acceptors (Lipinski definition) is 5. The summed E-state index contributed by atoms with van der Waals surface area (Å²) in [6.45, 7) is 3.83. The second kappa shape index (κ2) is 11.1. The van der Waals surface area contributed by atoms with Crippen LogP contribution in [-0.2, 0) is 14.4 Å². The van der Waals surface area contributed by atoms with Crippen molar-refractivity contribution in [3.63, 3.8) is 0 Å². The number of piperazine rings is 1. The van der Waals surface area contributed by atoms with Crippen molar-refractivity contribution in [1.82, 2.24) is 15.1 Å². The molecule has 0 bridgehead atoms. The maximum absolute atomic E-state index is 13.6. The lowest BCUT2D eigenvalue weighted by Crippen LogP contribution is -2.51. The Labute approximate surface area is 198 Å². The minimum atomic E-state index is -0.489. The number of carbonyl (C=O) groups excluding carboxylic acids is 3. The molecule has 34 heavy (non-hydrogen) atoms. The molecule has 0 aliphatic carbocycles. The van der Waals surface area contributed by atoms with E-state index in [-0.39, 0.29) is 42.4 Å². The molecule has 0 radical (unpaired) electrons. The van der Waals surface area contributed by atoms with Gasteiger partial charge in [-0.2, -0.15) is 0 Å². The molecule has 1 N–H and O–H groups in total. The highest BCUT2D eigenvalue weighted by Crippen LogP contribution is 2.24. The molecule has 0 aromatic heterocycles. The van der Waals surface area contributed by atoms with Gasteiger partial charge in [-0.15, -0.1) is 0 Å². The molecular weight excluding hydrogens is 439 g/mol. The Hall–Kier alpha value is -3.46. The van der Waals surface area contributed by atoms with Crippen LogP contribution >= 0.6 is 0 Å². The number of ether oxygens (including phenoxy) is 1. The maximum atomic E-state index is 13.6. The maximum Gasteiger partial charge on any atom is 0.260 e. The number of nitrogens with zero attached hydrogens (tertiary/aromatic N) is 3. The minimum absolute atomic E-state index is 0.0360. The molecule has 2 aliphatic rings. The van der Waals surface area contributed by atoms with E-state index in [2.05, 4.69) is 10.2 Å². The van der Waals surface area contributed by atoms with Gasteiger partial charge in [0.05, 0.1) is 5.92 Å². The zero-order valence-corrected chi connectivity index (χ0v) is 19.0. The largest absolute Gasteiger partial charge is 0.481 e. The van der Waals surface area contributed by atoms with Gasteiger partial charge in [-0.1, -0.05) is 30.3 Å². The predicted molar refractivity (Wildman–Crippen MR) is 125 cm³/mol. The van der Waals surface area contributed by atoms with E-state index in [4.69, 9.17) is 4.74 Å². The number of halogens is 1. The lowest BCUT2D eigenvalue weighted by molar-refractivity contribution is -0.135. The smallest absolute Gasteiger partial charge is 0.260 e. The van der Waals surface area contributed by atoms with Gasteiger partial charge in [-0.3, -0.25) is 19.3 Å². The summed E-state index contributed by atoms with van der Waals surface area (Å²) >= 11 is 0. The first-order valence-electron chi connectivity index (χ1n) is 11.5. The molecule has 4 rings (SSSR count). The fourth-order valence-corrected chi connectivity index (χ4v) is 4.24. The summed E-state index contributed by atoms with van der Waals surface area (Å²) in [4.78, 5) is 42.8. The van der Waals surface area contributed by atoms with Crippen LogP contribution in [0.2, 0.25) is 0 Å². The van der Waals surface area contributed by atoms with E-state index in [9.17, 15) is 18.8 Å². The monoisotopic (exact) mass is 468 g/mol. The number of carbonyl (C=O) groups is 3. The number of para-hydroxylation sites is 2. The fourth-order valence-electron chi connectivity index (χ4n) is 4.24. The van der Waals surface area contributed by atoms with Crippen molar-refractivity contribution < 1.29 is 23.5 Å². The van der Waals surface area contributed by atoms with Gasteiger partial charge >= 0.3 is 0 Å². The van der Waals surface area contributed by atoms with Crippen LogP contribution in [0.15, 0.2) is 54.6 Å². The topological polar surface area (TPSA) is 82.2 Å². The van der Waals surface area contributed by atoms with Crippen molar-refractivity contribution in [3.05, 3.63) is 60.4 Å². The average Bonchev–Trinajstić information content (AvgIpc) is 3.26. The number of amides is 3. The standard InChI is InChI=1S/C25H29FN4O4/c26-21-8-4-5-9-22(21)34-18-24(32)29-14-12-28(13-15-29)11-10-27-25(33)19-16-23(31)30(17-19)20-6-2-1-3-7-20/h1-9,19H,10-18H2,(H,27,33). The summed E-state index contributed by atoms with van der Waals surface area (Å²) < 4.78 is 18.9. The first-order valence-corrected chi connectivity index (χ1v) is 11.5. The van der Waals surface area contributed by atoms with E-state index in [1.165, 1.54) is 12.1 Å². The molecule has 8 nitrogen and oxygen atoms in total. The highest BCUT2D eigenvalue weighted by molar-refractivity contribution is 6.00. The molecule has 9 heteroatoms. The van der Waals surface area contributed by atoms with E-state index in [1.54, 1.807) is 21.9 Å². The lowest BCUT2D eigenvalue weighted by Gasteiger charge is -2.34. The molecular formula is C25H29FN4O4. The summed E-state index contributed by atoms with van der Waals surface area (Å²) in [5.41, 5.74) is 0.814. The molecule has 2 saturated heterocycles. The third-order valence-corrected chi connectivity index (χ3v) is 6.20. The predicted octanol–water partition coefficient (Wildman–Crippen LogP) is 1.52. The fraction of sp³-hybridized carbons (Fsp3) is 0.400. The van der Waals surface area contributed by atoms with E-state index in [1.807, 2.05) is 30.3 Å². The molecule has 2 aliphatic heterocycles. The van der Waals surface area contributed by atoms with Crippen LogP contribution in [0.5, 0.6) is 5.75 Å². The van der Waals surface area contributed by atoms with E-state index >= 15 is 0 Å². The average molecular weight is 469 g/mol. The molecule has 2 aromatic carbocycles. The Balaban J connectivity index is 1.14. The van der Waals surface area contributed by atoms with Gasteiger partial charge in [-0.25, -0.2) is 4.39 Å². The Morgan fingerprint density at radius 3 is 2.44 bits per heavy atom. The second-order valence-electron chi connectivity index (χ2n) is 8.47. The third kappa shape index (κ3) is 5.91. The molecule has 2 fully saturated rings. The van der Waals surface area contributed by atoms with Gasteiger partial charge in [-0.05, 0) is 24.3 Å². The van der Waals surface area contributed by atoms with Crippen molar-refractivity contribution in [2.24, 2.45) is 5.92 Å². The van der Waals surface area contributed by atoms with Gasteiger partial charge in [0.2, 0.25) is 11.8 Å². The van der Waals surface area contributed by atoms with E-state index < -0.39 is 5.82 Å². The number of nitrogens with one attached hydrogen (secondary N) is 1. The molecule has 1 unspecified atom stereocenters. The van der Waals surface area contributed by atoms with Crippen molar-refractivity contribution in [2.45, 2.75) is 6.42 Å². The Morgan fingerprint density at radius 2 is 1.71 bits per heavy atom. The molecule has 2 aromatic rings. The first-order chi connectivity index (χ1) is 16.5. The molecule has 2 heterocycles. The summed E-state index contributed by atoms with van der Waals surface area (Å²) in [5.74, 6) is -1.09. The Kier molecular flexibility index (Phi) is 7.74. The van der Waals surface area contributed by atoms with Crippen LogP contribution in [0.3, 0.4) is 0 Å². The zero-order valence-electron chi connectivity index (χ0n) is 19.0. The normalized spacial score (nSPS) is 18.7. The Morgan fingerprint density at radius 1 is 1.00 bits per heavy atom. The van der Waals surface area contributed by atoms with Crippen LogP contribution < -0.4 is 15.0 Å². The molecule has 0 saturated carbocycles. The van der Waals surface area contributed by atoms with Crippen molar-refractivity contribution in [2.75, 3.05) is 57.3 Å². The molecule has 3 amide bonds. The van der Waals surface area contributed by atoms with Crippen molar-refractivity contribution in [1.29, 1.82) is 0 Å². The highest BCUT2D eigenvalue weighted by atomic mass is 19.1. The number of rotatable bonds is 8. The first kappa shape index (κ1) is 23.7. The number of anilines is 1. The summed E-state index contributed by atoms with van der Waals surface area (Å²) in [5, 5.41) is 2.95. The summed E-state index contributed by atoms with van der Waals surface area (Å²) in [7, 11) is 0. The molecule has 0 spiro atoms. The second-order valence-corrected chi connectivity index (χ2v) is 8.47. The Bertz CT molecular complexity index is 1010. The van der Waals surface area contributed by atoms with Gasteiger partial charge in [0.25, 0.3) is 5.91 Å². The summed E-state index contributed by atoms with van der Waals surface area (Å²) in [6, 6.07) is 15.4. The van der Waals surface area contributed by atoms with Gasteiger partial charge < -0.3 is 19.9 Å². The zero-order chi connectivity index (χ0) is 23.9. The quantitative estimate of drug-likeness (QED) is 0.635. The molecule has 1 atom stereocenters. The SMILES string of the molecule is O=C(NCCN1CCN(C(=O)COc2ccccc2F)CC1)C1CC(=O)N(c2ccccc2)C1. The van der Waals surface area contributed by atoms with Crippen LogP contribution in [0, 0.1) is 11.7 Å². The highest BCUT2D eigenvalue weighted by Gasteiger charge is 2.35. The van der Waals surface area contributed by atoms with E-state index in [0.717, 1.165) is 5.69 Å². The summed E-state index contributed by atoms with van der Waals surface area (Å²) in [6.07, 6.45) is 0.219. The minimum Gasteiger partial charge on any atom is -0.481 e. The van der Waals surface area contributed by atoms with Crippen LogP contribution in [0.1, 0.15) is 6.42 Å². The lowest BCUT2D eigenvalue weighted by atomic mass is 10.1. The third-order valence-electron chi connectivity index (χ3n) is 6.20. The van der Waals surface area contributed by atoms with Crippen LogP contribution in [-0.4, -0.2) is 79.9 Å². The van der Waals surface area contributed by atoms with Crippen molar-refractivity contribution >= 4 is 23.4 Å². The number of hydrogen-bond donors (Lipinski definition) is 1. The van der Waals surface area contributed by atoms with Crippen LogP contribution in [0.25, 0.3) is 0 Å². The van der Waals surface area contributed by atoms with Gasteiger partial charge in [0.15, 0.2) is 18.2 Å². The molecule has 180 valence electrons. The van der Waals surface area contributed by atoms with Gasteiger partial charge in [0.1, 0.15) is 0 Å². The number of benzene rings is 2.